The van der Waals surface area contributed by atoms with Crippen molar-refractivity contribution in [1.82, 2.24) is 4.98 Å². The van der Waals surface area contributed by atoms with Gasteiger partial charge >= 0.3 is 5.97 Å². The van der Waals surface area contributed by atoms with Crippen molar-refractivity contribution in [2.75, 3.05) is 0 Å². The van der Waals surface area contributed by atoms with Crippen LogP contribution in [0.1, 0.15) is 15.2 Å². The van der Waals surface area contributed by atoms with Gasteiger partial charge in [0.2, 0.25) is 0 Å². The Kier molecular flexibility index (Phi) is 3.98. The Balaban J connectivity index is 1.75. The summed E-state index contributed by atoms with van der Waals surface area (Å²) in [6.07, 6.45) is 1.79. The highest BCUT2D eigenvalue weighted by Crippen LogP contribution is 2.25. The van der Waals surface area contributed by atoms with E-state index in [4.69, 9.17) is 4.74 Å². The van der Waals surface area contributed by atoms with Crippen LogP contribution in [0.25, 0.3) is 10.2 Å². The van der Waals surface area contributed by atoms with E-state index in [0.717, 1.165) is 19.4 Å². The zero-order chi connectivity index (χ0) is 13.9. The van der Waals surface area contributed by atoms with Gasteiger partial charge in [0.1, 0.15) is 16.3 Å². The van der Waals surface area contributed by atoms with Crippen molar-refractivity contribution in [2.24, 2.45) is 0 Å². The second-order valence-electron chi connectivity index (χ2n) is 4.22. The smallest absolute Gasteiger partial charge is 0.348 e. The standard InChI is InChI=1S/C15H10INO2S/c16-12-6-11-7-13(20-14(11)17-8-12)15(18)19-9-10-4-2-1-3-5-10/h1-8H,9H2. The lowest BCUT2D eigenvalue weighted by Crippen LogP contribution is -2.02. The zero-order valence-corrected chi connectivity index (χ0v) is 13.3. The number of ether oxygens (including phenoxy) is 1. The molecule has 2 heterocycles. The van der Waals surface area contributed by atoms with E-state index < -0.39 is 0 Å². The molecule has 100 valence electrons. The van der Waals surface area contributed by atoms with Gasteiger partial charge in [-0.1, -0.05) is 30.3 Å². The van der Waals surface area contributed by atoms with Gasteiger partial charge in [0.15, 0.2) is 0 Å². The highest BCUT2D eigenvalue weighted by molar-refractivity contribution is 14.1. The molecule has 0 aliphatic rings. The molecule has 2 aromatic heterocycles. The minimum absolute atomic E-state index is 0.291. The number of carbonyl (C=O) groups excluding carboxylic acids is 1. The molecule has 0 saturated heterocycles. The topological polar surface area (TPSA) is 39.2 Å². The predicted octanol–water partition coefficient (Wildman–Crippen LogP) is 4.26. The van der Waals surface area contributed by atoms with Crippen LogP contribution >= 0.6 is 33.9 Å². The molecule has 5 heteroatoms. The third-order valence-electron chi connectivity index (χ3n) is 2.75. The Morgan fingerprint density at radius 3 is 2.85 bits per heavy atom. The van der Waals surface area contributed by atoms with Crippen LogP contribution in [-0.2, 0) is 11.3 Å². The van der Waals surface area contributed by atoms with Crippen LogP contribution in [0.3, 0.4) is 0 Å². The zero-order valence-electron chi connectivity index (χ0n) is 10.4. The number of esters is 1. The summed E-state index contributed by atoms with van der Waals surface area (Å²) in [4.78, 5) is 17.8. The van der Waals surface area contributed by atoms with Gasteiger partial charge in [0, 0.05) is 15.2 Å². The lowest BCUT2D eigenvalue weighted by atomic mass is 10.2. The molecular weight excluding hydrogens is 385 g/mol. The average Bonchev–Trinajstić information content (AvgIpc) is 2.89. The minimum Gasteiger partial charge on any atom is -0.457 e. The maximum Gasteiger partial charge on any atom is 0.348 e. The lowest BCUT2D eigenvalue weighted by molar-refractivity contribution is 0.0478. The maximum atomic E-state index is 12.0. The monoisotopic (exact) mass is 395 g/mol. The van der Waals surface area contributed by atoms with E-state index in [2.05, 4.69) is 27.6 Å². The van der Waals surface area contributed by atoms with Gasteiger partial charge in [0.25, 0.3) is 0 Å². The number of aromatic nitrogens is 1. The average molecular weight is 395 g/mol. The molecule has 20 heavy (non-hydrogen) atoms. The highest BCUT2D eigenvalue weighted by atomic mass is 127. The van der Waals surface area contributed by atoms with E-state index in [9.17, 15) is 4.79 Å². The normalized spacial score (nSPS) is 10.7. The molecule has 0 radical (unpaired) electrons. The summed E-state index contributed by atoms with van der Waals surface area (Å²) in [5.41, 5.74) is 0.981. The van der Waals surface area contributed by atoms with Crippen LogP contribution in [0.15, 0.2) is 48.7 Å². The Morgan fingerprint density at radius 1 is 1.25 bits per heavy atom. The van der Waals surface area contributed by atoms with Crippen molar-refractivity contribution in [3.05, 3.63) is 62.7 Å². The summed E-state index contributed by atoms with van der Waals surface area (Å²) in [6, 6.07) is 13.5. The van der Waals surface area contributed by atoms with Crippen LogP contribution in [-0.4, -0.2) is 11.0 Å². The first-order valence-corrected chi connectivity index (χ1v) is 7.88. The third kappa shape index (κ3) is 2.99. The number of pyridine rings is 1. The summed E-state index contributed by atoms with van der Waals surface area (Å²) in [6.45, 7) is 0.291. The third-order valence-corrected chi connectivity index (χ3v) is 4.38. The van der Waals surface area contributed by atoms with E-state index in [-0.39, 0.29) is 5.97 Å². The van der Waals surface area contributed by atoms with Crippen molar-refractivity contribution in [3.63, 3.8) is 0 Å². The first-order chi connectivity index (χ1) is 9.72. The number of nitrogens with zero attached hydrogens (tertiary/aromatic N) is 1. The Bertz CT molecular complexity index is 755. The molecule has 0 aliphatic carbocycles. The largest absolute Gasteiger partial charge is 0.457 e. The summed E-state index contributed by atoms with van der Waals surface area (Å²) in [5.74, 6) is -0.299. The summed E-state index contributed by atoms with van der Waals surface area (Å²) >= 11 is 3.57. The van der Waals surface area contributed by atoms with Crippen LogP contribution < -0.4 is 0 Å². The van der Waals surface area contributed by atoms with Crippen LogP contribution in [0, 0.1) is 3.57 Å². The number of hydrogen-bond donors (Lipinski definition) is 0. The molecule has 3 nitrogen and oxygen atoms in total. The molecular formula is C15H10INO2S. The van der Waals surface area contributed by atoms with Gasteiger partial charge in [-0.15, -0.1) is 11.3 Å². The minimum atomic E-state index is -0.299. The quantitative estimate of drug-likeness (QED) is 0.492. The van der Waals surface area contributed by atoms with E-state index in [1.165, 1.54) is 11.3 Å². The van der Waals surface area contributed by atoms with E-state index in [1.54, 1.807) is 6.20 Å². The second-order valence-corrected chi connectivity index (χ2v) is 6.50. The number of rotatable bonds is 3. The van der Waals surface area contributed by atoms with Crippen LogP contribution in [0.5, 0.6) is 0 Å². The van der Waals surface area contributed by atoms with Crippen molar-refractivity contribution < 1.29 is 9.53 Å². The molecule has 3 rings (SSSR count). The van der Waals surface area contributed by atoms with Crippen LogP contribution in [0.2, 0.25) is 0 Å². The molecule has 0 N–H and O–H groups in total. The molecule has 3 aromatic rings. The van der Waals surface area contributed by atoms with Crippen LogP contribution in [0.4, 0.5) is 0 Å². The summed E-state index contributed by atoms with van der Waals surface area (Å²) in [7, 11) is 0. The van der Waals surface area contributed by atoms with Gasteiger partial charge in [-0.2, -0.15) is 0 Å². The van der Waals surface area contributed by atoms with Gasteiger partial charge in [-0.3, -0.25) is 0 Å². The van der Waals surface area contributed by atoms with Crippen molar-refractivity contribution in [2.45, 2.75) is 6.61 Å². The fourth-order valence-electron chi connectivity index (χ4n) is 1.80. The van der Waals surface area contributed by atoms with E-state index >= 15 is 0 Å². The molecule has 0 saturated carbocycles. The highest BCUT2D eigenvalue weighted by Gasteiger charge is 2.12. The Labute approximate surface area is 133 Å². The van der Waals surface area contributed by atoms with Crippen molar-refractivity contribution in [1.29, 1.82) is 0 Å². The molecule has 0 amide bonds. The molecule has 0 fully saturated rings. The lowest BCUT2D eigenvalue weighted by Gasteiger charge is -2.02. The second kappa shape index (κ2) is 5.88. The van der Waals surface area contributed by atoms with E-state index in [0.29, 0.717) is 11.5 Å². The van der Waals surface area contributed by atoms with Crippen molar-refractivity contribution >= 4 is 50.1 Å². The SMILES string of the molecule is O=C(OCc1ccccc1)c1cc2cc(I)cnc2s1. The molecule has 0 atom stereocenters. The molecule has 0 aliphatic heterocycles. The molecule has 0 unspecified atom stereocenters. The first kappa shape index (κ1) is 13.5. The molecule has 0 spiro atoms. The van der Waals surface area contributed by atoms with Gasteiger partial charge < -0.3 is 4.74 Å². The number of fused-ring (bicyclic) bond motifs is 1. The molecule has 1 aromatic carbocycles. The van der Waals surface area contributed by atoms with E-state index in [1.807, 2.05) is 42.5 Å². The summed E-state index contributed by atoms with van der Waals surface area (Å²) in [5, 5.41) is 0.980. The maximum absolute atomic E-state index is 12.0. The molecule has 0 bridgehead atoms. The van der Waals surface area contributed by atoms with Gasteiger partial charge in [-0.05, 0) is 40.3 Å². The number of hydrogen-bond acceptors (Lipinski definition) is 4. The van der Waals surface area contributed by atoms with Gasteiger partial charge in [-0.25, -0.2) is 9.78 Å². The summed E-state index contributed by atoms with van der Waals surface area (Å²) < 4.78 is 6.37. The number of carbonyl (C=O) groups is 1. The first-order valence-electron chi connectivity index (χ1n) is 5.98. The fourth-order valence-corrected chi connectivity index (χ4v) is 3.15. The number of thiophene rings is 1. The number of halogens is 1. The fraction of sp³-hybridized carbons (Fsp3) is 0.0667. The Hall–Kier alpha value is -1.47. The Morgan fingerprint density at radius 2 is 2.05 bits per heavy atom. The van der Waals surface area contributed by atoms with Gasteiger partial charge in [0.05, 0.1) is 0 Å². The van der Waals surface area contributed by atoms with Crippen molar-refractivity contribution in [3.8, 4) is 0 Å². The predicted molar refractivity (Wildman–Crippen MR) is 87.9 cm³/mol. The number of benzene rings is 1.